The average Bonchev–Trinajstić information content (AvgIpc) is 3.14. The Morgan fingerprint density at radius 2 is 2.03 bits per heavy atom. The number of pyridine rings is 1. The van der Waals surface area contributed by atoms with Crippen molar-refractivity contribution in [1.29, 1.82) is 0 Å². The predicted molar refractivity (Wildman–Crippen MR) is 110 cm³/mol. The molecule has 1 aliphatic heterocycles. The molecule has 1 atom stereocenters. The van der Waals surface area contributed by atoms with Gasteiger partial charge in [-0.25, -0.2) is 4.98 Å². The summed E-state index contributed by atoms with van der Waals surface area (Å²) in [5.41, 5.74) is 5.19. The van der Waals surface area contributed by atoms with Crippen LogP contribution in [0.5, 0.6) is 0 Å². The van der Waals surface area contributed by atoms with Gasteiger partial charge in [0.25, 0.3) is 5.91 Å². The van der Waals surface area contributed by atoms with E-state index in [0.29, 0.717) is 25.3 Å². The number of hydrogen-bond donors (Lipinski definition) is 0. The van der Waals surface area contributed by atoms with Crippen LogP contribution >= 0.6 is 0 Å². The molecule has 1 aliphatic rings. The highest BCUT2D eigenvalue weighted by molar-refractivity contribution is 5.94. The maximum Gasteiger partial charge on any atom is 0.254 e. The third kappa shape index (κ3) is 3.93. The van der Waals surface area contributed by atoms with Gasteiger partial charge >= 0.3 is 0 Å². The summed E-state index contributed by atoms with van der Waals surface area (Å²) >= 11 is 0. The van der Waals surface area contributed by atoms with Gasteiger partial charge in [0.15, 0.2) is 0 Å². The summed E-state index contributed by atoms with van der Waals surface area (Å²) in [7, 11) is 0. The quantitative estimate of drug-likeness (QED) is 0.669. The Kier molecular flexibility index (Phi) is 5.45. The number of nitrogens with zero attached hydrogens (tertiary/aromatic N) is 3. The second-order valence-corrected chi connectivity index (χ2v) is 7.35. The van der Waals surface area contributed by atoms with Crippen molar-refractivity contribution >= 4 is 5.91 Å². The average molecular weight is 391 g/mol. The molecule has 6 heteroatoms. The molecule has 1 unspecified atom stereocenters. The molecule has 150 valence electrons. The lowest BCUT2D eigenvalue weighted by Crippen LogP contribution is -2.42. The van der Waals surface area contributed by atoms with Crippen LogP contribution < -0.4 is 0 Å². The third-order valence-electron chi connectivity index (χ3n) is 5.23. The fraction of sp³-hybridized carbons (Fsp3) is 0.348. The summed E-state index contributed by atoms with van der Waals surface area (Å²) in [6.45, 7) is 7.49. The molecule has 3 aromatic rings. The molecule has 1 fully saturated rings. The zero-order valence-corrected chi connectivity index (χ0v) is 17.0. The fourth-order valence-corrected chi connectivity index (χ4v) is 3.73. The molecule has 0 saturated carbocycles. The summed E-state index contributed by atoms with van der Waals surface area (Å²) in [5, 5.41) is 4.08. The van der Waals surface area contributed by atoms with Gasteiger partial charge in [-0.3, -0.25) is 4.79 Å². The minimum Gasteiger partial charge on any atom is -0.368 e. The molecule has 0 bridgehead atoms. The van der Waals surface area contributed by atoms with Crippen LogP contribution in [0.1, 0.15) is 46.1 Å². The lowest BCUT2D eigenvalue weighted by molar-refractivity contribution is -0.0246. The van der Waals surface area contributed by atoms with Crippen LogP contribution in [-0.4, -0.2) is 40.6 Å². The lowest BCUT2D eigenvalue weighted by Gasteiger charge is -2.33. The maximum absolute atomic E-state index is 12.9. The van der Waals surface area contributed by atoms with Crippen molar-refractivity contribution in [3.8, 4) is 11.3 Å². The van der Waals surface area contributed by atoms with E-state index in [1.54, 1.807) is 0 Å². The van der Waals surface area contributed by atoms with E-state index in [2.05, 4.69) is 5.16 Å². The zero-order chi connectivity index (χ0) is 20.4. The van der Waals surface area contributed by atoms with Gasteiger partial charge in [0.2, 0.25) is 0 Å². The topological polar surface area (TPSA) is 68.5 Å². The Labute approximate surface area is 170 Å². The van der Waals surface area contributed by atoms with Gasteiger partial charge in [-0.2, -0.15) is 0 Å². The number of amides is 1. The molecule has 4 rings (SSSR count). The smallest absolute Gasteiger partial charge is 0.254 e. The van der Waals surface area contributed by atoms with Gasteiger partial charge in [0.1, 0.15) is 11.9 Å². The second-order valence-electron chi connectivity index (χ2n) is 7.35. The van der Waals surface area contributed by atoms with Crippen molar-refractivity contribution in [2.45, 2.75) is 33.3 Å². The maximum atomic E-state index is 12.9. The molecular formula is C23H25N3O3. The molecule has 1 saturated heterocycles. The van der Waals surface area contributed by atoms with Crippen molar-refractivity contribution in [3.05, 3.63) is 70.7 Å². The Morgan fingerprint density at radius 3 is 2.83 bits per heavy atom. The van der Waals surface area contributed by atoms with Gasteiger partial charge in [0, 0.05) is 18.5 Å². The highest BCUT2D eigenvalue weighted by atomic mass is 16.5. The SMILES string of the molecule is CCc1onc(C)c1-c1cccc(C2CN(C(=O)c3cccc(C)c3)CCO2)n1. The molecule has 29 heavy (non-hydrogen) atoms. The first-order chi connectivity index (χ1) is 14.1. The summed E-state index contributed by atoms with van der Waals surface area (Å²) in [4.78, 5) is 19.6. The number of aryl methyl sites for hydroxylation is 3. The largest absolute Gasteiger partial charge is 0.368 e. The molecule has 6 nitrogen and oxygen atoms in total. The second kappa shape index (κ2) is 8.17. The molecule has 1 aromatic carbocycles. The number of ether oxygens (including phenoxy) is 1. The van der Waals surface area contributed by atoms with Crippen molar-refractivity contribution in [3.63, 3.8) is 0 Å². The van der Waals surface area contributed by atoms with Gasteiger partial charge in [-0.05, 0) is 38.1 Å². The predicted octanol–water partition coefficient (Wildman–Crippen LogP) is 4.13. The van der Waals surface area contributed by atoms with Crippen LogP contribution in [0.2, 0.25) is 0 Å². The summed E-state index contributed by atoms with van der Waals surface area (Å²) in [6, 6.07) is 13.6. The number of rotatable bonds is 4. The zero-order valence-electron chi connectivity index (χ0n) is 17.0. The molecule has 1 amide bonds. The first kappa shape index (κ1) is 19.3. The van der Waals surface area contributed by atoms with Gasteiger partial charge in [-0.15, -0.1) is 0 Å². The Hall–Kier alpha value is -2.99. The number of benzene rings is 1. The van der Waals surface area contributed by atoms with Crippen molar-refractivity contribution in [2.75, 3.05) is 19.7 Å². The van der Waals surface area contributed by atoms with Crippen LogP contribution in [-0.2, 0) is 11.2 Å². The molecule has 2 aromatic heterocycles. The highest BCUT2D eigenvalue weighted by Gasteiger charge is 2.27. The van der Waals surface area contributed by atoms with Crippen molar-refractivity contribution in [2.24, 2.45) is 0 Å². The number of carbonyl (C=O) groups is 1. The number of morpholine rings is 1. The minimum absolute atomic E-state index is 0.0290. The van der Waals surface area contributed by atoms with Gasteiger partial charge < -0.3 is 14.2 Å². The highest BCUT2D eigenvalue weighted by Crippen LogP contribution is 2.29. The number of hydrogen-bond acceptors (Lipinski definition) is 5. The van der Waals surface area contributed by atoms with Crippen LogP contribution in [0.4, 0.5) is 0 Å². The fourth-order valence-electron chi connectivity index (χ4n) is 3.73. The first-order valence-electron chi connectivity index (χ1n) is 9.97. The summed E-state index contributed by atoms with van der Waals surface area (Å²) in [5.74, 6) is 0.856. The third-order valence-corrected chi connectivity index (χ3v) is 5.23. The molecule has 0 radical (unpaired) electrons. The summed E-state index contributed by atoms with van der Waals surface area (Å²) < 4.78 is 11.4. The Balaban J connectivity index is 1.57. The Bertz CT molecular complexity index is 1030. The van der Waals surface area contributed by atoms with Gasteiger partial charge in [0.05, 0.1) is 35.8 Å². The molecule has 3 heterocycles. The van der Waals surface area contributed by atoms with E-state index in [1.807, 2.05) is 68.1 Å². The molecular weight excluding hydrogens is 366 g/mol. The van der Waals surface area contributed by atoms with Crippen molar-refractivity contribution < 1.29 is 14.1 Å². The number of carbonyl (C=O) groups excluding carboxylic acids is 1. The van der Waals surface area contributed by atoms with E-state index in [0.717, 1.165) is 40.4 Å². The molecule has 0 spiro atoms. The van der Waals surface area contributed by atoms with Crippen LogP contribution in [0, 0.1) is 13.8 Å². The van der Waals surface area contributed by atoms with Crippen LogP contribution in [0.3, 0.4) is 0 Å². The van der Waals surface area contributed by atoms with Crippen molar-refractivity contribution in [1.82, 2.24) is 15.0 Å². The minimum atomic E-state index is -0.261. The molecule has 0 aliphatic carbocycles. The lowest BCUT2D eigenvalue weighted by atomic mass is 10.1. The van der Waals surface area contributed by atoms with E-state index in [9.17, 15) is 4.79 Å². The van der Waals surface area contributed by atoms with Gasteiger partial charge in [-0.1, -0.05) is 35.8 Å². The van der Waals surface area contributed by atoms with E-state index in [4.69, 9.17) is 14.2 Å². The molecule has 0 N–H and O–H groups in total. The standard InChI is InChI=1S/C23H25N3O3/c1-4-20-22(16(3)25-29-20)19-10-6-9-18(24-19)21-14-26(11-12-28-21)23(27)17-8-5-7-15(2)13-17/h5-10,13,21H,4,11-12,14H2,1-3H3. The first-order valence-corrected chi connectivity index (χ1v) is 9.97. The Morgan fingerprint density at radius 1 is 1.21 bits per heavy atom. The normalized spacial score (nSPS) is 16.8. The van der Waals surface area contributed by atoms with E-state index < -0.39 is 0 Å². The van der Waals surface area contributed by atoms with E-state index in [-0.39, 0.29) is 12.0 Å². The van der Waals surface area contributed by atoms with E-state index >= 15 is 0 Å². The van der Waals surface area contributed by atoms with Crippen LogP contribution in [0.15, 0.2) is 47.0 Å². The number of aromatic nitrogens is 2. The van der Waals surface area contributed by atoms with E-state index in [1.165, 1.54) is 0 Å². The monoisotopic (exact) mass is 391 g/mol. The summed E-state index contributed by atoms with van der Waals surface area (Å²) in [6.07, 6.45) is 0.489. The van der Waals surface area contributed by atoms with Crippen LogP contribution in [0.25, 0.3) is 11.3 Å².